The van der Waals surface area contributed by atoms with Crippen LogP contribution in [0.25, 0.3) is 0 Å². The van der Waals surface area contributed by atoms with Crippen molar-refractivity contribution in [2.45, 2.75) is 6.54 Å². The van der Waals surface area contributed by atoms with E-state index in [-0.39, 0.29) is 5.91 Å². The molecule has 0 saturated carbocycles. The topological polar surface area (TPSA) is 76.1 Å². The number of hydrogen-bond donors (Lipinski definition) is 2. The Balaban J connectivity index is 1.97. The molecule has 2 aromatic heterocycles. The molecule has 0 aliphatic rings. The molecule has 104 valence electrons. The van der Waals surface area contributed by atoms with Crippen molar-refractivity contribution in [3.8, 4) is 5.88 Å². The van der Waals surface area contributed by atoms with Gasteiger partial charge in [-0.1, -0.05) is 0 Å². The lowest BCUT2D eigenvalue weighted by atomic mass is 10.2. The number of amides is 1. The van der Waals surface area contributed by atoms with Crippen molar-refractivity contribution in [1.82, 2.24) is 15.3 Å². The lowest BCUT2D eigenvalue weighted by molar-refractivity contribution is 0.0950. The molecule has 0 atom stereocenters. The first-order valence-electron chi connectivity index (χ1n) is 6.14. The van der Waals surface area contributed by atoms with Crippen molar-refractivity contribution in [3.05, 3.63) is 47.8 Å². The molecule has 0 bridgehead atoms. The van der Waals surface area contributed by atoms with E-state index in [1.807, 2.05) is 6.07 Å². The van der Waals surface area contributed by atoms with Gasteiger partial charge in [-0.3, -0.25) is 4.79 Å². The van der Waals surface area contributed by atoms with E-state index in [1.165, 1.54) is 6.20 Å². The molecule has 0 saturated heterocycles. The number of hydrogen-bond acceptors (Lipinski definition) is 5. The first-order chi connectivity index (χ1) is 9.72. The predicted octanol–water partition coefficient (Wildman–Crippen LogP) is 1.46. The Kier molecular flexibility index (Phi) is 4.49. The van der Waals surface area contributed by atoms with Crippen LogP contribution in [-0.2, 0) is 6.54 Å². The third-order valence-corrected chi connectivity index (χ3v) is 2.74. The number of nitrogens with one attached hydrogen (secondary N) is 2. The molecule has 2 aromatic rings. The highest BCUT2D eigenvalue weighted by Gasteiger charge is 2.06. The molecule has 2 rings (SSSR count). The summed E-state index contributed by atoms with van der Waals surface area (Å²) in [6.07, 6.45) is 3.18. The first kappa shape index (κ1) is 13.8. The number of anilines is 1. The fourth-order valence-electron chi connectivity index (χ4n) is 1.63. The lowest BCUT2D eigenvalue weighted by Crippen LogP contribution is -2.23. The zero-order chi connectivity index (χ0) is 14.4. The number of carbonyl (C=O) groups is 1. The van der Waals surface area contributed by atoms with Gasteiger partial charge >= 0.3 is 0 Å². The number of ether oxygens (including phenoxy) is 1. The minimum atomic E-state index is -0.170. The average molecular weight is 272 g/mol. The van der Waals surface area contributed by atoms with Crippen molar-refractivity contribution in [1.29, 1.82) is 0 Å². The molecular formula is C14H16N4O2. The summed E-state index contributed by atoms with van der Waals surface area (Å²) >= 11 is 0. The summed E-state index contributed by atoms with van der Waals surface area (Å²) in [4.78, 5) is 20.1. The van der Waals surface area contributed by atoms with Crippen LogP contribution in [0.2, 0.25) is 0 Å². The second-order valence-corrected chi connectivity index (χ2v) is 4.07. The summed E-state index contributed by atoms with van der Waals surface area (Å²) in [5.41, 5.74) is 1.44. The van der Waals surface area contributed by atoms with Gasteiger partial charge in [-0.25, -0.2) is 9.97 Å². The summed E-state index contributed by atoms with van der Waals surface area (Å²) in [7, 11) is 3.33. The van der Waals surface area contributed by atoms with E-state index in [9.17, 15) is 4.79 Å². The summed E-state index contributed by atoms with van der Waals surface area (Å²) in [5.74, 6) is 1.08. The molecule has 0 radical (unpaired) electrons. The minimum Gasteiger partial charge on any atom is -0.481 e. The van der Waals surface area contributed by atoms with Gasteiger partial charge in [-0.2, -0.15) is 0 Å². The van der Waals surface area contributed by atoms with Gasteiger partial charge in [-0.05, 0) is 23.8 Å². The van der Waals surface area contributed by atoms with Crippen molar-refractivity contribution >= 4 is 11.7 Å². The molecule has 6 heteroatoms. The van der Waals surface area contributed by atoms with Gasteiger partial charge in [0, 0.05) is 32.1 Å². The maximum atomic E-state index is 12.0. The van der Waals surface area contributed by atoms with Gasteiger partial charge in [0.1, 0.15) is 5.82 Å². The van der Waals surface area contributed by atoms with Gasteiger partial charge in [0.25, 0.3) is 5.91 Å². The normalized spacial score (nSPS) is 9.90. The van der Waals surface area contributed by atoms with E-state index in [4.69, 9.17) is 4.74 Å². The minimum absolute atomic E-state index is 0.170. The number of nitrogens with zero attached hydrogens (tertiary/aromatic N) is 2. The molecule has 2 N–H and O–H groups in total. The third kappa shape index (κ3) is 3.44. The van der Waals surface area contributed by atoms with Gasteiger partial charge in [0.2, 0.25) is 5.88 Å². The Morgan fingerprint density at radius 1 is 1.30 bits per heavy atom. The second-order valence-electron chi connectivity index (χ2n) is 4.07. The van der Waals surface area contributed by atoms with Crippen LogP contribution in [-0.4, -0.2) is 30.0 Å². The van der Waals surface area contributed by atoms with Crippen LogP contribution in [0.1, 0.15) is 15.9 Å². The molecule has 20 heavy (non-hydrogen) atoms. The van der Waals surface area contributed by atoms with Crippen molar-refractivity contribution in [3.63, 3.8) is 0 Å². The van der Waals surface area contributed by atoms with Crippen LogP contribution in [0, 0.1) is 0 Å². The fraction of sp³-hybridized carbons (Fsp3) is 0.214. The van der Waals surface area contributed by atoms with Gasteiger partial charge in [0.05, 0.1) is 12.7 Å². The molecule has 0 aliphatic carbocycles. The van der Waals surface area contributed by atoms with E-state index < -0.39 is 0 Å². The van der Waals surface area contributed by atoms with Crippen molar-refractivity contribution < 1.29 is 9.53 Å². The first-order valence-corrected chi connectivity index (χ1v) is 6.14. The van der Waals surface area contributed by atoms with E-state index in [2.05, 4.69) is 20.6 Å². The molecule has 0 fully saturated rings. The highest BCUT2D eigenvalue weighted by molar-refractivity contribution is 5.93. The lowest BCUT2D eigenvalue weighted by Gasteiger charge is -2.07. The van der Waals surface area contributed by atoms with Crippen LogP contribution >= 0.6 is 0 Å². The van der Waals surface area contributed by atoms with E-state index >= 15 is 0 Å². The Morgan fingerprint density at radius 2 is 2.15 bits per heavy atom. The third-order valence-electron chi connectivity index (χ3n) is 2.74. The number of carbonyl (C=O) groups excluding carboxylic acids is 1. The fourth-order valence-corrected chi connectivity index (χ4v) is 1.63. The van der Waals surface area contributed by atoms with Crippen LogP contribution in [0.3, 0.4) is 0 Å². The van der Waals surface area contributed by atoms with Gasteiger partial charge < -0.3 is 15.4 Å². The second kappa shape index (κ2) is 6.51. The summed E-state index contributed by atoms with van der Waals surface area (Å²) < 4.78 is 5.03. The molecule has 2 heterocycles. The van der Waals surface area contributed by atoms with Crippen LogP contribution in [0.4, 0.5) is 5.82 Å². The number of methoxy groups -OCH3 is 1. The smallest absolute Gasteiger partial charge is 0.253 e. The van der Waals surface area contributed by atoms with Crippen LogP contribution in [0.5, 0.6) is 5.88 Å². The summed E-state index contributed by atoms with van der Waals surface area (Å²) in [5, 5.41) is 5.72. The zero-order valence-electron chi connectivity index (χ0n) is 11.4. The highest BCUT2D eigenvalue weighted by Crippen LogP contribution is 2.09. The Hall–Kier alpha value is -2.63. The Morgan fingerprint density at radius 3 is 2.80 bits per heavy atom. The van der Waals surface area contributed by atoms with Crippen LogP contribution in [0.15, 0.2) is 36.7 Å². The predicted molar refractivity (Wildman–Crippen MR) is 75.7 cm³/mol. The van der Waals surface area contributed by atoms with Gasteiger partial charge in [-0.15, -0.1) is 0 Å². The SMILES string of the molecule is CNc1ccc(C(=O)NCc2ccnc(OC)c2)cn1. The molecular weight excluding hydrogens is 256 g/mol. The quantitative estimate of drug-likeness (QED) is 0.861. The maximum Gasteiger partial charge on any atom is 0.253 e. The van der Waals surface area contributed by atoms with E-state index in [1.54, 1.807) is 38.6 Å². The monoisotopic (exact) mass is 272 g/mol. The largest absolute Gasteiger partial charge is 0.481 e. The van der Waals surface area contributed by atoms with Crippen molar-refractivity contribution in [2.24, 2.45) is 0 Å². The number of pyridine rings is 2. The molecule has 0 spiro atoms. The molecule has 6 nitrogen and oxygen atoms in total. The molecule has 1 amide bonds. The van der Waals surface area contributed by atoms with Gasteiger partial charge in [0.15, 0.2) is 0 Å². The highest BCUT2D eigenvalue weighted by atomic mass is 16.5. The molecule has 0 aliphatic heterocycles. The average Bonchev–Trinajstić information content (AvgIpc) is 2.53. The standard InChI is InChI=1S/C14H16N4O2/c1-15-12-4-3-11(9-17-12)14(19)18-8-10-5-6-16-13(7-10)20-2/h3-7,9H,8H2,1-2H3,(H,15,17)(H,18,19). The van der Waals surface area contributed by atoms with Crippen LogP contribution < -0.4 is 15.4 Å². The molecule has 0 unspecified atom stereocenters. The Bertz CT molecular complexity index is 584. The summed E-state index contributed by atoms with van der Waals surface area (Å²) in [6, 6.07) is 7.08. The maximum absolute atomic E-state index is 12.0. The zero-order valence-corrected chi connectivity index (χ0v) is 11.4. The summed E-state index contributed by atoms with van der Waals surface area (Å²) in [6.45, 7) is 0.408. The number of rotatable bonds is 5. The number of aromatic nitrogens is 2. The van der Waals surface area contributed by atoms with E-state index in [0.29, 0.717) is 18.0 Å². The van der Waals surface area contributed by atoms with Crippen molar-refractivity contribution in [2.75, 3.05) is 19.5 Å². The van der Waals surface area contributed by atoms with E-state index in [0.717, 1.165) is 11.4 Å². The molecule has 0 aromatic carbocycles. The Labute approximate surface area is 117 Å².